The normalized spacial score (nSPS) is 19.1. The third-order valence-electron chi connectivity index (χ3n) is 4.94. The Morgan fingerprint density at radius 1 is 1.24 bits per heavy atom. The molecule has 2 aromatic rings. The molecule has 8 heteroatoms. The Morgan fingerprint density at radius 2 is 1.93 bits per heavy atom. The molecule has 3 heterocycles. The molecule has 1 unspecified atom stereocenters. The number of fused-ring (bicyclic) bond motifs is 1. The fourth-order valence-corrected chi connectivity index (χ4v) is 4.95. The quantitative estimate of drug-likeness (QED) is 0.773. The highest BCUT2D eigenvalue weighted by Gasteiger charge is 2.35. The van der Waals surface area contributed by atoms with Crippen LogP contribution in [0.25, 0.3) is 11.3 Å². The van der Waals surface area contributed by atoms with Crippen LogP contribution in [0, 0.1) is 0 Å². The molecule has 1 atom stereocenters. The Balaban J connectivity index is 1.95. The lowest BCUT2D eigenvalue weighted by Gasteiger charge is -2.26. The Morgan fingerprint density at radius 3 is 2.55 bits per heavy atom. The van der Waals surface area contributed by atoms with Gasteiger partial charge in [-0.25, -0.2) is 9.07 Å². The first-order valence-electron chi connectivity index (χ1n) is 9.17. The maximum atomic E-state index is 14.1. The number of rotatable bonds is 4. The number of morpholine rings is 1. The highest BCUT2D eigenvalue weighted by Crippen LogP contribution is 2.39. The number of hydrogen-bond acceptors (Lipinski definition) is 4. The molecule has 0 bridgehead atoms. The Kier molecular flexibility index (Phi) is 5.29. The first-order chi connectivity index (χ1) is 14.0. The van der Waals surface area contributed by atoms with Crippen LogP contribution in [0.4, 0.5) is 4.39 Å². The summed E-state index contributed by atoms with van der Waals surface area (Å²) < 4.78 is 33.9. The van der Waals surface area contributed by atoms with Gasteiger partial charge >= 0.3 is 0 Å². The zero-order valence-corrected chi connectivity index (χ0v) is 16.6. The van der Waals surface area contributed by atoms with Crippen molar-refractivity contribution in [2.75, 3.05) is 26.3 Å². The molecular formula is C21H20FN3O3S. The highest BCUT2D eigenvalue weighted by atomic mass is 32.2. The van der Waals surface area contributed by atoms with E-state index in [0.29, 0.717) is 48.8 Å². The second-order valence-electron chi connectivity index (χ2n) is 6.67. The largest absolute Gasteiger partial charge is 0.378 e. The van der Waals surface area contributed by atoms with Gasteiger partial charge in [0, 0.05) is 24.2 Å². The summed E-state index contributed by atoms with van der Waals surface area (Å²) in [5, 5.41) is 4.58. The van der Waals surface area contributed by atoms with Crippen molar-refractivity contribution >= 4 is 22.3 Å². The Labute approximate surface area is 170 Å². The number of ether oxygens (including phenoxy) is 1. The maximum Gasteiger partial charge on any atom is 0.274 e. The van der Waals surface area contributed by atoms with Gasteiger partial charge in [0.1, 0.15) is 5.83 Å². The molecule has 2 aliphatic rings. The van der Waals surface area contributed by atoms with E-state index in [2.05, 4.69) is 18.3 Å². The Bertz CT molecular complexity index is 1050. The average molecular weight is 413 g/mol. The summed E-state index contributed by atoms with van der Waals surface area (Å²) in [5.41, 5.74) is 2.33. The summed E-state index contributed by atoms with van der Waals surface area (Å²) in [6, 6.07) is 9.24. The van der Waals surface area contributed by atoms with Crippen molar-refractivity contribution in [1.82, 2.24) is 14.7 Å². The van der Waals surface area contributed by atoms with Crippen molar-refractivity contribution in [2.24, 2.45) is 0 Å². The summed E-state index contributed by atoms with van der Waals surface area (Å²) in [4.78, 5) is 14.9. The first kappa shape index (κ1) is 19.5. The van der Waals surface area contributed by atoms with Crippen LogP contribution < -0.4 is 0 Å². The predicted octanol–water partition coefficient (Wildman–Crippen LogP) is 2.99. The SMILES string of the molecule is C=CC1=C(C(=C)F)S(=O)Cc2c(C(=O)N3CCOCC3)nn(-c3ccccc3)c21. The molecule has 0 aliphatic carbocycles. The molecule has 1 saturated heterocycles. The average Bonchev–Trinajstić information content (AvgIpc) is 3.12. The smallest absolute Gasteiger partial charge is 0.274 e. The highest BCUT2D eigenvalue weighted by molar-refractivity contribution is 7.88. The van der Waals surface area contributed by atoms with Crippen molar-refractivity contribution in [3.05, 3.63) is 77.2 Å². The number of carbonyl (C=O) groups excluding carboxylic acids is 1. The monoisotopic (exact) mass is 413 g/mol. The van der Waals surface area contributed by atoms with Gasteiger partial charge in [-0.2, -0.15) is 5.10 Å². The van der Waals surface area contributed by atoms with Crippen molar-refractivity contribution < 1.29 is 18.1 Å². The first-order valence-corrected chi connectivity index (χ1v) is 10.5. The molecule has 1 aromatic heterocycles. The van der Waals surface area contributed by atoms with Crippen LogP contribution in [-0.2, 0) is 21.3 Å². The van der Waals surface area contributed by atoms with Crippen LogP contribution in [0.15, 0.2) is 60.3 Å². The number of amides is 1. The number of allylic oxidation sites excluding steroid dienone is 3. The molecule has 1 fully saturated rings. The van der Waals surface area contributed by atoms with Crippen LogP contribution in [0.3, 0.4) is 0 Å². The van der Waals surface area contributed by atoms with E-state index in [1.807, 2.05) is 30.3 Å². The second-order valence-corrected chi connectivity index (χ2v) is 8.06. The maximum absolute atomic E-state index is 14.1. The molecule has 4 rings (SSSR count). The summed E-state index contributed by atoms with van der Waals surface area (Å²) in [6.07, 6.45) is 1.44. The number of carbonyl (C=O) groups is 1. The summed E-state index contributed by atoms with van der Waals surface area (Å²) in [7, 11) is -1.69. The van der Waals surface area contributed by atoms with E-state index in [9.17, 15) is 13.4 Å². The molecule has 0 N–H and O–H groups in total. The van der Waals surface area contributed by atoms with Gasteiger partial charge in [0.2, 0.25) is 0 Å². The minimum absolute atomic E-state index is 0.00467. The summed E-state index contributed by atoms with van der Waals surface area (Å²) in [5.74, 6) is -1.03. The van der Waals surface area contributed by atoms with Crippen molar-refractivity contribution in [3.8, 4) is 5.69 Å². The van der Waals surface area contributed by atoms with E-state index in [0.717, 1.165) is 0 Å². The molecule has 1 amide bonds. The zero-order chi connectivity index (χ0) is 20.5. The van der Waals surface area contributed by atoms with E-state index < -0.39 is 16.6 Å². The number of aromatic nitrogens is 2. The number of halogens is 1. The molecular weight excluding hydrogens is 393 g/mol. The van der Waals surface area contributed by atoms with Gasteiger partial charge in [-0.1, -0.05) is 37.4 Å². The molecule has 6 nitrogen and oxygen atoms in total. The molecule has 2 aliphatic heterocycles. The van der Waals surface area contributed by atoms with Gasteiger partial charge in [-0.3, -0.25) is 9.00 Å². The molecule has 29 heavy (non-hydrogen) atoms. The van der Waals surface area contributed by atoms with Gasteiger partial charge in [-0.15, -0.1) is 0 Å². The summed E-state index contributed by atoms with van der Waals surface area (Å²) in [6.45, 7) is 8.96. The second kappa shape index (κ2) is 7.88. The predicted molar refractivity (Wildman–Crippen MR) is 109 cm³/mol. The van der Waals surface area contributed by atoms with Crippen molar-refractivity contribution in [2.45, 2.75) is 5.75 Å². The lowest BCUT2D eigenvalue weighted by Crippen LogP contribution is -2.41. The minimum atomic E-state index is -1.69. The summed E-state index contributed by atoms with van der Waals surface area (Å²) >= 11 is 0. The van der Waals surface area contributed by atoms with E-state index in [4.69, 9.17) is 4.74 Å². The van der Waals surface area contributed by atoms with Gasteiger partial charge in [0.15, 0.2) is 5.69 Å². The van der Waals surface area contributed by atoms with E-state index in [-0.39, 0.29) is 22.3 Å². The third-order valence-corrected chi connectivity index (χ3v) is 6.39. The fourth-order valence-electron chi connectivity index (χ4n) is 3.60. The van der Waals surface area contributed by atoms with Gasteiger partial charge in [0.05, 0.1) is 46.1 Å². The van der Waals surface area contributed by atoms with Gasteiger partial charge in [-0.05, 0) is 12.1 Å². The van der Waals surface area contributed by atoms with Crippen molar-refractivity contribution in [1.29, 1.82) is 0 Å². The lowest BCUT2D eigenvalue weighted by molar-refractivity contribution is 0.0298. The van der Waals surface area contributed by atoms with Crippen LogP contribution in [-0.4, -0.2) is 51.1 Å². The fraction of sp³-hybridized carbons (Fsp3) is 0.238. The van der Waals surface area contributed by atoms with E-state index >= 15 is 0 Å². The van der Waals surface area contributed by atoms with Crippen LogP contribution in [0.1, 0.15) is 21.7 Å². The van der Waals surface area contributed by atoms with Crippen LogP contribution >= 0.6 is 0 Å². The van der Waals surface area contributed by atoms with Crippen molar-refractivity contribution in [3.63, 3.8) is 0 Å². The van der Waals surface area contributed by atoms with E-state index in [1.165, 1.54) is 6.08 Å². The topological polar surface area (TPSA) is 64.4 Å². The lowest BCUT2D eigenvalue weighted by atomic mass is 10.0. The number of para-hydroxylation sites is 1. The minimum Gasteiger partial charge on any atom is -0.378 e. The Hall–Kier alpha value is -2.84. The van der Waals surface area contributed by atoms with Crippen LogP contribution in [0.5, 0.6) is 0 Å². The number of nitrogens with zero attached hydrogens (tertiary/aromatic N) is 3. The molecule has 0 saturated carbocycles. The molecule has 1 aromatic carbocycles. The van der Waals surface area contributed by atoms with Gasteiger partial charge in [0.25, 0.3) is 5.91 Å². The van der Waals surface area contributed by atoms with E-state index in [1.54, 1.807) is 9.58 Å². The third kappa shape index (κ3) is 3.38. The van der Waals surface area contributed by atoms with Gasteiger partial charge < -0.3 is 9.64 Å². The van der Waals surface area contributed by atoms with Crippen LogP contribution in [0.2, 0.25) is 0 Å². The molecule has 150 valence electrons. The molecule has 0 radical (unpaired) electrons. The zero-order valence-electron chi connectivity index (χ0n) is 15.8. The molecule has 0 spiro atoms. The standard InChI is InChI=1S/C21H20FN3O3S/c1-3-16-19-17(13-29(27)20(16)14(2)22)18(21(26)24-9-11-28-12-10-24)23-25(19)15-7-5-4-6-8-15/h3-8H,1-2,9-13H2. The number of benzene rings is 1. The number of hydrogen-bond donors (Lipinski definition) is 0.